The Morgan fingerprint density at radius 1 is 1.00 bits per heavy atom. The van der Waals surface area contributed by atoms with Gasteiger partial charge in [-0.3, -0.25) is 14.4 Å². The molecule has 0 fully saturated rings. The molecular weight excluding hydrogens is 382 g/mol. The fourth-order valence-electron chi connectivity index (χ4n) is 3.02. The molecule has 1 aromatic heterocycles. The van der Waals surface area contributed by atoms with E-state index in [4.69, 9.17) is 5.73 Å². The highest BCUT2D eigenvalue weighted by Crippen LogP contribution is 2.18. The van der Waals surface area contributed by atoms with Crippen LogP contribution in [0.1, 0.15) is 38.5 Å². The lowest BCUT2D eigenvalue weighted by Gasteiger charge is -2.12. The van der Waals surface area contributed by atoms with Crippen LogP contribution in [-0.4, -0.2) is 34.0 Å². The number of carbonyl (C=O) groups excluding carboxylic acids is 3. The molecule has 8 heteroatoms. The van der Waals surface area contributed by atoms with Gasteiger partial charge in [0.25, 0.3) is 11.8 Å². The quantitative estimate of drug-likeness (QED) is 0.559. The molecule has 0 saturated carbocycles. The maximum Gasteiger partial charge on any atom is 0.255 e. The van der Waals surface area contributed by atoms with Gasteiger partial charge in [0.15, 0.2) is 0 Å². The molecule has 3 aromatic rings. The van der Waals surface area contributed by atoms with Crippen molar-refractivity contribution in [1.29, 1.82) is 0 Å². The number of hydrogen-bond acceptors (Lipinski definition) is 4. The minimum absolute atomic E-state index is 0.0435. The van der Waals surface area contributed by atoms with Crippen LogP contribution in [0.2, 0.25) is 0 Å². The average molecular weight is 405 g/mol. The highest BCUT2D eigenvalue weighted by molar-refractivity contribution is 6.09. The van der Waals surface area contributed by atoms with Gasteiger partial charge in [-0.15, -0.1) is 0 Å². The van der Waals surface area contributed by atoms with Gasteiger partial charge in [-0.25, -0.2) is 4.68 Å². The Labute approximate surface area is 174 Å². The van der Waals surface area contributed by atoms with Crippen molar-refractivity contribution < 1.29 is 14.4 Å². The van der Waals surface area contributed by atoms with Crippen molar-refractivity contribution >= 4 is 23.4 Å². The van der Waals surface area contributed by atoms with E-state index in [1.165, 1.54) is 0 Å². The number of amides is 3. The Bertz CT molecular complexity index is 1090. The molecule has 30 heavy (non-hydrogen) atoms. The number of hydrogen-bond donors (Lipinski definition) is 3. The van der Waals surface area contributed by atoms with Crippen molar-refractivity contribution in [3.8, 4) is 5.69 Å². The van der Waals surface area contributed by atoms with Crippen molar-refractivity contribution in [2.45, 2.75) is 20.3 Å². The first-order valence-electron chi connectivity index (χ1n) is 9.46. The van der Waals surface area contributed by atoms with E-state index in [1.54, 1.807) is 36.4 Å². The number of primary amides is 1. The molecule has 0 saturated heterocycles. The van der Waals surface area contributed by atoms with Crippen LogP contribution in [0.4, 0.5) is 5.69 Å². The average Bonchev–Trinajstić information content (AvgIpc) is 3.06. The summed E-state index contributed by atoms with van der Waals surface area (Å²) in [5.41, 5.74) is 8.98. The number of nitrogens with one attached hydrogen (secondary N) is 2. The number of rotatable bonds is 7. The number of nitrogens with two attached hydrogens (primary N) is 1. The number of aryl methyl sites for hydroxylation is 2. The summed E-state index contributed by atoms with van der Waals surface area (Å²) in [5.74, 6) is -1.24. The summed E-state index contributed by atoms with van der Waals surface area (Å²) in [4.78, 5) is 35.9. The number of para-hydroxylation sites is 1. The number of anilines is 1. The molecule has 0 aliphatic carbocycles. The predicted molar refractivity (Wildman–Crippen MR) is 114 cm³/mol. The minimum atomic E-state index is -0.499. The number of benzene rings is 2. The molecule has 4 N–H and O–H groups in total. The van der Waals surface area contributed by atoms with E-state index in [1.807, 2.05) is 36.7 Å². The lowest BCUT2D eigenvalue weighted by molar-refractivity contribution is -0.117. The molecule has 2 aromatic carbocycles. The topological polar surface area (TPSA) is 119 Å². The van der Waals surface area contributed by atoms with Gasteiger partial charge in [-0.2, -0.15) is 5.10 Å². The largest absolute Gasteiger partial charge is 0.370 e. The zero-order chi connectivity index (χ0) is 21.7. The Hall–Kier alpha value is -3.94. The van der Waals surface area contributed by atoms with Crippen LogP contribution in [-0.2, 0) is 4.79 Å². The first-order chi connectivity index (χ1) is 14.3. The van der Waals surface area contributed by atoms with Gasteiger partial charge < -0.3 is 16.4 Å². The summed E-state index contributed by atoms with van der Waals surface area (Å²) in [6, 6.07) is 15.7. The van der Waals surface area contributed by atoms with E-state index in [-0.39, 0.29) is 18.9 Å². The summed E-state index contributed by atoms with van der Waals surface area (Å²) in [6.07, 6.45) is 0.0435. The third kappa shape index (κ3) is 4.91. The fourth-order valence-corrected chi connectivity index (χ4v) is 3.02. The molecular formula is C22H23N5O3. The summed E-state index contributed by atoms with van der Waals surface area (Å²) in [5, 5.41) is 9.82. The second kappa shape index (κ2) is 9.04. The van der Waals surface area contributed by atoms with Gasteiger partial charge in [-0.1, -0.05) is 12.1 Å². The van der Waals surface area contributed by atoms with Gasteiger partial charge >= 0.3 is 0 Å². The second-order valence-electron chi connectivity index (χ2n) is 6.86. The fraction of sp³-hybridized carbons (Fsp3) is 0.182. The first-order valence-corrected chi connectivity index (χ1v) is 9.46. The van der Waals surface area contributed by atoms with Crippen LogP contribution in [0.25, 0.3) is 5.69 Å². The lowest BCUT2D eigenvalue weighted by Crippen LogP contribution is -2.28. The van der Waals surface area contributed by atoms with Crippen molar-refractivity contribution in [3.05, 3.63) is 77.1 Å². The van der Waals surface area contributed by atoms with Crippen molar-refractivity contribution in [2.24, 2.45) is 5.73 Å². The highest BCUT2D eigenvalue weighted by Gasteiger charge is 2.14. The van der Waals surface area contributed by atoms with Crippen LogP contribution in [0.3, 0.4) is 0 Å². The summed E-state index contributed by atoms with van der Waals surface area (Å²) in [6.45, 7) is 4.02. The second-order valence-corrected chi connectivity index (χ2v) is 6.86. The van der Waals surface area contributed by atoms with Crippen LogP contribution >= 0.6 is 0 Å². The zero-order valence-electron chi connectivity index (χ0n) is 16.8. The van der Waals surface area contributed by atoms with Crippen LogP contribution in [0.15, 0.2) is 54.6 Å². The van der Waals surface area contributed by atoms with Crippen LogP contribution < -0.4 is 16.4 Å². The molecule has 0 spiro atoms. The predicted octanol–water partition coefficient (Wildman–Crippen LogP) is 2.35. The number of nitrogens with zero attached hydrogens (tertiary/aromatic N) is 2. The van der Waals surface area contributed by atoms with Crippen molar-refractivity contribution in [2.75, 3.05) is 11.9 Å². The van der Waals surface area contributed by atoms with Gasteiger partial charge in [0.05, 0.1) is 22.6 Å². The standard InChI is InChI=1S/C22H23N5O3/c1-14-13-15(2)27(26-14)17-9-7-16(8-10-17)21(29)25-19-6-4-3-5-18(19)22(30)24-12-11-20(23)28/h3-10,13H,11-12H2,1-2H3,(H2,23,28)(H,24,30)(H,25,29). The number of aromatic nitrogens is 2. The summed E-state index contributed by atoms with van der Waals surface area (Å²) < 4.78 is 1.81. The first kappa shape index (κ1) is 20.8. The van der Waals surface area contributed by atoms with Gasteiger partial charge in [0.2, 0.25) is 5.91 Å². The van der Waals surface area contributed by atoms with E-state index in [2.05, 4.69) is 15.7 Å². The SMILES string of the molecule is Cc1cc(C)n(-c2ccc(C(=O)Nc3ccccc3C(=O)NCCC(N)=O)cc2)n1. The maximum atomic E-state index is 12.7. The molecule has 0 unspecified atom stereocenters. The highest BCUT2D eigenvalue weighted by atomic mass is 16.2. The summed E-state index contributed by atoms with van der Waals surface area (Å²) in [7, 11) is 0. The Morgan fingerprint density at radius 2 is 1.70 bits per heavy atom. The van der Waals surface area contributed by atoms with E-state index in [0.29, 0.717) is 16.8 Å². The summed E-state index contributed by atoms with van der Waals surface area (Å²) >= 11 is 0. The molecule has 1 heterocycles. The smallest absolute Gasteiger partial charge is 0.255 e. The molecule has 0 radical (unpaired) electrons. The van der Waals surface area contributed by atoms with Gasteiger partial charge in [-0.05, 0) is 56.3 Å². The monoisotopic (exact) mass is 405 g/mol. The van der Waals surface area contributed by atoms with E-state index in [9.17, 15) is 14.4 Å². The molecule has 154 valence electrons. The third-order valence-corrected chi connectivity index (χ3v) is 4.46. The van der Waals surface area contributed by atoms with Crippen molar-refractivity contribution in [1.82, 2.24) is 15.1 Å². The molecule has 0 atom stereocenters. The molecule has 3 rings (SSSR count). The van der Waals surface area contributed by atoms with E-state index >= 15 is 0 Å². The maximum absolute atomic E-state index is 12.7. The third-order valence-electron chi connectivity index (χ3n) is 4.46. The van der Waals surface area contributed by atoms with E-state index in [0.717, 1.165) is 17.1 Å². The lowest BCUT2D eigenvalue weighted by atomic mass is 10.1. The van der Waals surface area contributed by atoms with E-state index < -0.39 is 11.8 Å². The van der Waals surface area contributed by atoms with Gasteiger partial charge in [0, 0.05) is 24.2 Å². The van der Waals surface area contributed by atoms with Crippen molar-refractivity contribution in [3.63, 3.8) is 0 Å². The normalized spacial score (nSPS) is 10.5. The van der Waals surface area contributed by atoms with Crippen LogP contribution in [0, 0.1) is 13.8 Å². The zero-order valence-corrected chi connectivity index (χ0v) is 16.8. The Morgan fingerprint density at radius 3 is 2.33 bits per heavy atom. The molecule has 8 nitrogen and oxygen atoms in total. The number of carbonyl (C=O) groups is 3. The van der Waals surface area contributed by atoms with Gasteiger partial charge in [0.1, 0.15) is 0 Å². The Balaban J connectivity index is 1.72. The molecule has 0 aliphatic heterocycles. The molecule has 0 bridgehead atoms. The Kier molecular flexibility index (Phi) is 6.26. The minimum Gasteiger partial charge on any atom is -0.370 e. The van der Waals surface area contributed by atoms with Crippen LogP contribution in [0.5, 0.6) is 0 Å². The molecule has 3 amide bonds. The molecule has 0 aliphatic rings.